The van der Waals surface area contributed by atoms with E-state index in [-0.39, 0.29) is 11.2 Å². The highest BCUT2D eigenvalue weighted by atomic mass is 32.2. The van der Waals surface area contributed by atoms with Crippen LogP contribution in [0.3, 0.4) is 0 Å². The number of thioether (sulfide) groups is 1. The Morgan fingerprint density at radius 1 is 1.00 bits per heavy atom. The molecule has 0 amide bonds. The second kappa shape index (κ2) is 4.82. The van der Waals surface area contributed by atoms with Gasteiger partial charge in [0.2, 0.25) is 0 Å². The summed E-state index contributed by atoms with van der Waals surface area (Å²) in [6, 6.07) is 16.7. The Morgan fingerprint density at radius 2 is 1.72 bits per heavy atom. The average molecular weight is 258 g/mol. The van der Waals surface area contributed by atoms with E-state index < -0.39 is 0 Å². The molecule has 0 unspecified atom stereocenters. The minimum Gasteiger partial charge on any atom is -0.291 e. The van der Waals surface area contributed by atoms with Crippen LogP contribution in [0, 0.1) is 5.82 Å². The first kappa shape index (κ1) is 11.3. The molecule has 1 aliphatic heterocycles. The van der Waals surface area contributed by atoms with E-state index in [0.29, 0.717) is 5.56 Å². The zero-order valence-corrected chi connectivity index (χ0v) is 10.3. The topological polar surface area (TPSA) is 24.4 Å². The molecular weight excluding hydrogens is 247 g/mol. The molecule has 2 nitrogen and oxygen atoms in total. The van der Waals surface area contributed by atoms with Crippen LogP contribution in [0.15, 0.2) is 59.7 Å². The third-order valence-electron chi connectivity index (χ3n) is 2.72. The largest absolute Gasteiger partial charge is 0.291 e. The summed E-state index contributed by atoms with van der Waals surface area (Å²) in [6.45, 7) is 0. The van der Waals surface area contributed by atoms with Crippen LogP contribution in [0.2, 0.25) is 0 Å². The van der Waals surface area contributed by atoms with Crippen molar-refractivity contribution in [3.05, 3.63) is 71.5 Å². The van der Waals surface area contributed by atoms with Crippen molar-refractivity contribution in [3.63, 3.8) is 0 Å². The van der Waals surface area contributed by atoms with Gasteiger partial charge in [0.25, 0.3) is 0 Å². The van der Waals surface area contributed by atoms with Crippen molar-refractivity contribution in [2.45, 2.75) is 5.37 Å². The lowest BCUT2D eigenvalue weighted by Crippen LogP contribution is -2.08. The third-order valence-corrected chi connectivity index (χ3v) is 3.87. The van der Waals surface area contributed by atoms with Gasteiger partial charge in [-0.15, -0.1) is 0 Å². The van der Waals surface area contributed by atoms with E-state index in [1.165, 1.54) is 17.8 Å². The molecule has 90 valence electrons. The number of rotatable bonds is 2. The number of benzene rings is 2. The molecule has 0 fully saturated rings. The first-order valence-corrected chi connectivity index (χ1v) is 6.52. The van der Waals surface area contributed by atoms with E-state index in [2.05, 4.69) is 10.5 Å². The van der Waals surface area contributed by atoms with E-state index >= 15 is 0 Å². The molecule has 1 heterocycles. The molecule has 4 heteroatoms. The Labute approximate surface area is 109 Å². The summed E-state index contributed by atoms with van der Waals surface area (Å²) < 4.78 is 13.7. The molecule has 3 rings (SSSR count). The van der Waals surface area contributed by atoms with Crippen molar-refractivity contribution in [3.8, 4) is 0 Å². The monoisotopic (exact) mass is 258 g/mol. The number of hydrogen-bond acceptors (Lipinski definition) is 3. The first-order chi connectivity index (χ1) is 8.84. The molecular formula is C14H11FN2S. The van der Waals surface area contributed by atoms with Gasteiger partial charge in [0.05, 0.1) is 0 Å². The molecule has 2 aromatic carbocycles. The summed E-state index contributed by atoms with van der Waals surface area (Å²) in [4.78, 5) is 0. The summed E-state index contributed by atoms with van der Waals surface area (Å²) in [5.74, 6) is -0.202. The lowest BCUT2D eigenvalue weighted by atomic mass is 10.2. The predicted octanol–water partition coefficient (Wildman–Crippen LogP) is 3.52. The normalized spacial score (nSPS) is 18.3. The fourth-order valence-corrected chi connectivity index (χ4v) is 2.84. The van der Waals surface area contributed by atoms with E-state index in [9.17, 15) is 4.39 Å². The van der Waals surface area contributed by atoms with Crippen molar-refractivity contribution in [2.24, 2.45) is 5.10 Å². The second-order valence-corrected chi connectivity index (χ2v) is 5.03. The van der Waals surface area contributed by atoms with Gasteiger partial charge in [-0.3, -0.25) is 5.43 Å². The highest BCUT2D eigenvalue weighted by molar-refractivity contribution is 8.14. The minimum atomic E-state index is -0.202. The standard InChI is InChI=1S/C14H11FN2S/c15-12-9-5-4-8-11(12)14-17-16-13(18-14)10-6-2-1-3-7-10/h1-9,14,17H/t14-/m1/s1. The second-order valence-electron chi connectivity index (χ2n) is 3.93. The number of halogens is 1. The number of nitrogens with one attached hydrogen (secondary N) is 1. The molecule has 1 aliphatic rings. The van der Waals surface area contributed by atoms with Gasteiger partial charge in [-0.1, -0.05) is 60.3 Å². The highest BCUT2D eigenvalue weighted by Crippen LogP contribution is 2.35. The molecule has 0 spiro atoms. The van der Waals surface area contributed by atoms with E-state index in [1.54, 1.807) is 12.1 Å². The molecule has 2 aromatic rings. The Hall–Kier alpha value is -1.81. The molecule has 18 heavy (non-hydrogen) atoms. The number of hydrogen-bond donors (Lipinski definition) is 1. The van der Waals surface area contributed by atoms with Crippen LogP contribution in [0.1, 0.15) is 16.5 Å². The van der Waals surface area contributed by atoms with Crippen molar-refractivity contribution < 1.29 is 4.39 Å². The predicted molar refractivity (Wildman–Crippen MR) is 72.8 cm³/mol. The SMILES string of the molecule is Fc1ccccc1[C@@H]1NN=C(c2ccccc2)S1. The molecule has 1 atom stereocenters. The lowest BCUT2D eigenvalue weighted by molar-refractivity contribution is 0.593. The van der Waals surface area contributed by atoms with Crippen LogP contribution in [0.5, 0.6) is 0 Å². The fourth-order valence-electron chi connectivity index (χ4n) is 1.82. The maximum atomic E-state index is 13.7. The zero-order valence-electron chi connectivity index (χ0n) is 9.51. The molecule has 0 saturated carbocycles. The van der Waals surface area contributed by atoms with Crippen molar-refractivity contribution in [1.82, 2.24) is 5.43 Å². The van der Waals surface area contributed by atoms with E-state index in [4.69, 9.17) is 0 Å². The zero-order chi connectivity index (χ0) is 12.4. The van der Waals surface area contributed by atoms with Gasteiger partial charge in [-0.2, -0.15) is 5.10 Å². The quantitative estimate of drug-likeness (QED) is 0.891. The highest BCUT2D eigenvalue weighted by Gasteiger charge is 2.23. The molecule has 0 saturated heterocycles. The van der Waals surface area contributed by atoms with Crippen LogP contribution < -0.4 is 5.43 Å². The van der Waals surface area contributed by atoms with Gasteiger partial charge >= 0.3 is 0 Å². The summed E-state index contributed by atoms with van der Waals surface area (Å²) >= 11 is 1.53. The number of hydrazone groups is 1. The molecule has 0 bridgehead atoms. The van der Waals surface area contributed by atoms with Crippen LogP contribution in [0.4, 0.5) is 4.39 Å². The maximum Gasteiger partial charge on any atom is 0.129 e. The molecule has 0 aliphatic carbocycles. The van der Waals surface area contributed by atoms with Crippen molar-refractivity contribution >= 4 is 16.8 Å². The third kappa shape index (κ3) is 2.11. The van der Waals surface area contributed by atoms with Crippen LogP contribution in [-0.4, -0.2) is 5.04 Å². The summed E-state index contributed by atoms with van der Waals surface area (Å²) in [5, 5.41) is 5.01. The maximum absolute atomic E-state index is 13.7. The van der Waals surface area contributed by atoms with Crippen LogP contribution >= 0.6 is 11.8 Å². The van der Waals surface area contributed by atoms with Gasteiger partial charge in [-0.05, 0) is 6.07 Å². The molecule has 0 radical (unpaired) electrons. The summed E-state index contributed by atoms with van der Waals surface area (Å²) in [5.41, 5.74) is 4.66. The van der Waals surface area contributed by atoms with Crippen LogP contribution in [0.25, 0.3) is 0 Å². The first-order valence-electron chi connectivity index (χ1n) is 5.64. The lowest BCUT2D eigenvalue weighted by Gasteiger charge is -2.10. The molecule has 0 aromatic heterocycles. The number of nitrogens with zero attached hydrogens (tertiary/aromatic N) is 1. The van der Waals surface area contributed by atoms with Crippen LogP contribution in [-0.2, 0) is 0 Å². The minimum absolute atomic E-state index is 0.151. The van der Waals surface area contributed by atoms with Crippen molar-refractivity contribution in [1.29, 1.82) is 0 Å². The molecule has 1 N–H and O–H groups in total. The van der Waals surface area contributed by atoms with Gasteiger partial charge in [-0.25, -0.2) is 4.39 Å². The Balaban J connectivity index is 1.81. The van der Waals surface area contributed by atoms with Gasteiger partial charge < -0.3 is 0 Å². The van der Waals surface area contributed by atoms with E-state index in [0.717, 1.165) is 10.6 Å². The van der Waals surface area contributed by atoms with Gasteiger partial charge in [0.15, 0.2) is 0 Å². The van der Waals surface area contributed by atoms with Gasteiger partial charge in [0, 0.05) is 11.1 Å². The Morgan fingerprint density at radius 3 is 2.50 bits per heavy atom. The summed E-state index contributed by atoms with van der Waals surface area (Å²) in [7, 11) is 0. The Bertz CT molecular complexity index is 583. The van der Waals surface area contributed by atoms with Gasteiger partial charge in [0.1, 0.15) is 16.2 Å². The average Bonchev–Trinajstić information content (AvgIpc) is 2.90. The Kier molecular flexibility index (Phi) is 3.02. The van der Waals surface area contributed by atoms with Crippen molar-refractivity contribution in [2.75, 3.05) is 0 Å². The summed E-state index contributed by atoms with van der Waals surface area (Å²) in [6.07, 6.45) is 0. The fraction of sp³-hybridized carbons (Fsp3) is 0.0714. The van der Waals surface area contributed by atoms with E-state index in [1.807, 2.05) is 36.4 Å². The smallest absolute Gasteiger partial charge is 0.129 e.